The lowest BCUT2D eigenvalue weighted by atomic mass is 10.0. The van der Waals surface area contributed by atoms with Crippen molar-refractivity contribution in [3.05, 3.63) is 76.9 Å². The number of carbonyl (C=O) groups is 2. The molecule has 1 saturated heterocycles. The summed E-state index contributed by atoms with van der Waals surface area (Å²) in [6.07, 6.45) is 8.75. The fourth-order valence-electron chi connectivity index (χ4n) is 4.81. The van der Waals surface area contributed by atoms with Gasteiger partial charge in [-0.05, 0) is 80.6 Å². The number of esters is 1. The molecule has 0 saturated carbocycles. The molecule has 178 valence electrons. The number of nitrogens with zero attached hydrogens (tertiary/aromatic N) is 4. The van der Waals surface area contributed by atoms with E-state index in [4.69, 9.17) is 4.74 Å². The van der Waals surface area contributed by atoms with Crippen molar-refractivity contribution in [2.75, 3.05) is 13.7 Å². The molecular weight excluding hydrogens is 428 g/mol. The highest BCUT2D eigenvalue weighted by molar-refractivity contribution is 5.94. The lowest BCUT2D eigenvalue weighted by Crippen LogP contribution is -2.34. The molecule has 3 aromatic rings. The highest BCUT2D eigenvalue weighted by Gasteiger charge is 2.27. The van der Waals surface area contributed by atoms with Crippen molar-refractivity contribution < 1.29 is 14.3 Å². The van der Waals surface area contributed by atoms with Crippen LogP contribution in [0.3, 0.4) is 0 Å². The normalized spacial score (nSPS) is 16.2. The molecule has 1 amide bonds. The molecular formula is C27H32N4O3. The fraction of sp³-hybridized carbons (Fsp3) is 0.407. The van der Waals surface area contributed by atoms with Crippen LogP contribution in [0.5, 0.6) is 0 Å². The van der Waals surface area contributed by atoms with Gasteiger partial charge in [0.2, 0.25) is 0 Å². The van der Waals surface area contributed by atoms with Crippen LogP contribution in [-0.2, 0) is 16.0 Å². The first kappa shape index (κ1) is 23.7. The highest BCUT2D eigenvalue weighted by atomic mass is 16.5. The zero-order chi connectivity index (χ0) is 24.1. The van der Waals surface area contributed by atoms with Gasteiger partial charge in [-0.1, -0.05) is 12.8 Å². The molecule has 1 aromatic carbocycles. The number of likely N-dealkylation sites (tertiary alicyclic amines) is 1. The first-order valence-corrected chi connectivity index (χ1v) is 11.9. The Balaban J connectivity index is 1.55. The average molecular weight is 461 g/mol. The van der Waals surface area contributed by atoms with Crippen molar-refractivity contribution in [3.8, 4) is 5.69 Å². The Bertz CT molecular complexity index is 1140. The molecule has 0 N–H and O–H groups in total. The fourth-order valence-corrected chi connectivity index (χ4v) is 4.81. The largest absolute Gasteiger partial charge is 0.469 e. The Hall–Kier alpha value is -3.48. The Morgan fingerprint density at radius 2 is 1.76 bits per heavy atom. The molecule has 1 unspecified atom stereocenters. The topological polar surface area (TPSA) is 77.3 Å². The molecule has 7 heteroatoms. The second-order valence-corrected chi connectivity index (χ2v) is 8.83. The van der Waals surface area contributed by atoms with Crippen molar-refractivity contribution in [2.45, 2.75) is 58.4 Å². The summed E-state index contributed by atoms with van der Waals surface area (Å²) >= 11 is 0. The van der Waals surface area contributed by atoms with Gasteiger partial charge >= 0.3 is 5.97 Å². The summed E-state index contributed by atoms with van der Waals surface area (Å²) in [4.78, 5) is 31.2. The number of methoxy groups -OCH3 is 1. The van der Waals surface area contributed by atoms with Crippen LogP contribution in [0.1, 0.15) is 71.0 Å². The molecule has 34 heavy (non-hydrogen) atoms. The SMILES string of the molecule is COC(=O)CCc1c(C)nn(-c2ccc(C(=O)N3CCCCCC3c3ccncc3)cc2)c1C. The van der Waals surface area contributed by atoms with Crippen molar-refractivity contribution in [1.29, 1.82) is 0 Å². The van der Waals surface area contributed by atoms with Gasteiger partial charge in [-0.15, -0.1) is 0 Å². The third-order valence-electron chi connectivity index (χ3n) is 6.71. The minimum atomic E-state index is -0.229. The summed E-state index contributed by atoms with van der Waals surface area (Å²) in [5.74, 6) is -0.171. The van der Waals surface area contributed by atoms with E-state index in [2.05, 4.69) is 10.1 Å². The minimum Gasteiger partial charge on any atom is -0.469 e. The van der Waals surface area contributed by atoms with Crippen LogP contribution in [0.15, 0.2) is 48.8 Å². The number of rotatable bonds is 6. The smallest absolute Gasteiger partial charge is 0.305 e. The highest BCUT2D eigenvalue weighted by Crippen LogP contribution is 2.31. The van der Waals surface area contributed by atoms with Gasteiger partial charge in [0.25, 0.3) is 5.91 Å². The lowest BCUT2D eigenvalue weighted by molar-refractivity contribution is -0.140. The predicted octanol–water partition coefficient (Wildman–Crippen LogP) is 4.75. The molecule has 2 aromatic heterocycles. The van der Waals surface area contributed by atoms with E-state index in [0.29, 0.717) is 18.4 Å². The maximum atomic E-state index is 13.5. The number of hydrogen-bond acceptors (Lipinski definition) is 5. The van der Waals surface area contributed by atoms with Gasteiger partial charge in [0.05, 0.1) is 24.5 Å². The maximum absolute atomic E-state index is 13.5. The first-order chi connectivity index (χ1) is 16.5. The van der Waals surface area contributed by atoms with E-state index in [0.717, 1.165) is 60.4 Å². The first-order valence-electron chi connectivity index (χ1n) is 11.9. The van der Waals surface area contributed by atoms with Crippen LogP contribution >= 0.6 is 0 Å². The van der Waals surface area contributed by atoms with Crippen LogP contribution in [0.2, 0.25) is 0 Å². The van der Waals surface area contributed by atoms with Crippen molar-refractivity contribution in [3.63, 3.8) is 0 Å². The Morgan fingerprint density at radius 3 is 2.47 bits per heavy atom. The minimum absolute atomic E-state index is 0.0578. The van der Waals surface area contributed by atoms with E-state index >= 15 is 0 Å². The van der Waals surface area contributed by atoms with Crippen molar-refractivity contribution in [2.24, 2.45) is 0 Å². The summed E-state index contributed by atoms with van der Waals surface area (Å²) in [5.41, 5.74) is 5.65. The predicted molar refractivity (Wildman–Crippen MR) is 130 cm³/mol. The second kappa shape index (κ2) is 10.6. The van der Waals surface area contributed by atoms with E-state index in [1.807, 2.05) is 59.8 Å². The van der Waals surface area contributed by atoms with Gasteiger partial charge in [-0.2, -0.15) is 5.10 Å². The number of aromatic nitrogens is 3. The molecule has 1 aliphatic heterocycles. The molecule has 1 fully saturated rings. The van der Waals surface area contributed by atoms with Gasteiger partial charge in [0, 0.05) is 36.6 Å². The van der Waals surface area contributed by atoms with Crippen molar-refractivity contribution in [1.82, 2.24) is 19.7 Å². The Morgan fingerprint density at radius 1 is 1.03 bits per heavy atom. The van der Waals surface area contributed by atoms with Gasteiger partial charge in [-0.3, -0.25) is 14.6 Å². The summed E-state index contributed by atoms with van der Waals surface area (Å²) in [6, 6.07) is 11.8. The van der Waals surface area contributed by atoms with Gasteiger partial charge < -0.3 is 9.64 Å². The van der Waals surface area contributed by atoms with Gasteiger partial charge in [0.15, 0.2) is 0 Å². The summed E-state index contributed by atoms with van der Waals surface area (Å²) < 4.78 is 6.64. The number of benzene rings is 1. The number of aryl methyl sites for hydroxylation is 1. The summed E-state index contributed by atoms with van der Waals surface area (Å²) in [7, 11) is 1.40. The number of ether oxygens (including phenoxy) is 1. The monoisotopic (exact) mass is 460 g/mol. The van der Waals surface area contributed by atoms with Crippen molar-refractivity contribution >= 4 is 11.9 Å². The lowest BCUT2D eigenvalue weighted by Gasteiger charge is -2.30. The molecule has 0 spiro atoms. The third kappa shape index (κ3) is 5.03. The molecule has 0 radical (unpaired) electrons. The maximum Gasteiger partial charge on any atom is 0.305 e. The molecule has 1 aliphatic rings. The van der Waals surface area contributed by atoms with Crippen LogP contribution in [0.25, 0.3) is 5.69 Å². The molecule has 0 aliphatic carbocycles. The molecule has 3 heterocycles. The third-order valence-corrected chi connectivity index (χ3v) is 6.71. The quantitative estimate of drug-likeness (QED) is 0.496. The number of amides is 1. The zero-order valence-electron chi connectivity index (χ0n) is 20.2. The van der Waals surface area contributed by atoms with Crippen LogP contribution < -0.4 is 0 Å². The zero-order valence-corrected chi connectivity index (χ0v) is 20.2. The molecule has 7 nitrogen and oxygen atoms in total. The second-order valence-electron chi connectivity index (χ2n) is 8.83. The van der Waals surface area contributed by atoms with Gasteiger partial charge in [0.1, 0.15) is 0 Å². The van der Waals surface area contributed by atoms with E-state index in [-0.39, 0.29) is 17.9 Å². The Labute approximate surface area is 200 Å². The Kier molecular flexibility index (Phi) is 7.40. The number of carbonyl (C=O) groups excluding carboxylic acids is 2. The molecule has 4 rings (SSSR count). The number of hydrogen-bond donors (Lipinski definition) is 0. The van der Waals surface area contributed by atoms with Crippen LogP contribution in [0.4, 0.5) is 0 Å². The van der Waals surface area contributed by atoms with Gasteiger partial charge in [-0.25, -0.2) is 4.68 Å². The standard InChI is InChI=1S/C27H32N4O3/c1-19-24(12-13-26(32)34-3)20(2)31(29-19)23-10-8-22(9-11-23)27(33)30-18-6-4-5-7-25(30)21-14-16-28-17-15-21/h8-11,14-17,25H,4-7,12-13,18H2,1-3H3. The van der Waals surface area contributed by atoms with E-state index < -0.39 is 0 Å². The van der Waals surface area contributed by atoms with Crippen LogP contribution in [0, 0.1) is 13.8 Å². The molecule has 1 atom stereocenters. The van der Waals surface area contributed by atoms with E-state index in [1.165, 1.54) is 7.11 Å². The molecule has 0 bridgehead atoms. The van der Waals surface area contributed by atoms with E-state index in [1.54, 1.807) is 12.4 Å². The average Bonchev–Trinajstić information content (AvgIpc) is 3.03. The summed E-state index contributed by atoms with van der Waals surface area (Å²) in [6.45, 7) is 4.71. The number of pyridine rings is 1. The summed E-state index contributed by atoms with van der Waals surface area (Å²) in [5, 5.41) is 4.68. The van der Waals surface area contributed by atoms with Crippen LogP contribution in [-0.4, -0.2) is 45.2 Å². The van der Waals surface area contributed by atoms with E-state index in [9.17, 15) is 9.59 Å².